The standard InChI is InChI=1S/C23H22F3N3O3S2.C3H8.C2H6/c1-2-34(31,32)18-9-5-15(6-10-18)11-21(30)28-22-27-19-13-29(14-20(19)33-22)12-16-3-7-17(8-4-16)23(24,25)26;1-3-2;1-2/h3-10H,2,11-14H2,1H3,(H,27,28,30);3H2,1-2H3;1-2H3. The molecule has 1 amide bonds. The minimum absolute atomic E-state index is 0.0172. The lowest BCUT2D eigenvalue weighted by Crippen LogP contribution is -2.17. The molecule has 11 heteroatoms. The van der Waals surface area contributed by atoms with Gasteiger partial charge in [0.15, 0.2) is 15.0 Å². The summed E-state index contributed by atoms with van der Waals surface area (Å²) < 4.78 is 61.9. The number of nitrogens with zero attached hydrogens (tertiary/aromatic N) is 2. The van der Waals surface area contributed by atoms with Crippen molar-refractivity contribution in [1.29, 1.82) is 0 Å². The van der Waals surface area contributed by atoms with Gasteiger partial charge in [0.05, 0.1) is 28.3 Å². The largest absolute Gasteiger partial charge is 0.416 e. The Balaban J connectivity index is 0.000000998. The molecule has 0 saturated heterocycles. The van der Waals surface area contributed by atoms with Crippen molar-refractivity contribution < 1.29 is 26.4 Å². The van der Waals surface area contributed by atoms with Crippen molar-refractivity contribution in [2.75, 3.05) is 11.1 Å². The fraction of sp³-hybridized carbons (Fsp3) is 0.429. The molecule has 1 N–H and O–H groups in total. The van der Waals surface area contributed by atoms with Gasteiger partial charge in [-0.1, -0.05) is 65.3 Å². The SMILES string of the molecule is CC.CCC.CCS(=O)(=O)c1ccc(CC(=O)Nc2nc3c(s2)CN(Cc2ccc(C(F)(F)F)cc2)C3)cc1. The number of carbonyl (C=O) groups is 1. The van der Waals surface area contributed by atoms with Crippen molar-refractivity contribution in [2.24, 2.45) is 0 Å². The molecular weight excluding hydrogens is 547 g/mol. The van der Waals surface area contributed by atoms with E-state index in [0.29, 0.717) is 30.3 Å². The monoisotopic (exact) mass is 583 g/mol. The second-order valence-electron chi connectivity index (χ2n) is 8.71. The van der Waals surface area contributed by atoms with Crippen LogP contribution in [0.3, 0.4) is 0 Å². The molecule has 0 atom stereocenters. The van der Waals surface area contributed by atoms with Crippen LogP contribution in [0.25, 0.3) is 0 Å². The molecule has 4 rings (SSSR count). The molecule has 0 aliphatic carbocycles. The van der Waals surface area contributed by atoms with Gasteiger partial charge in [0.1, 0.15) is 0 Å². The number of alkyl halides is 3. The molecule has 0 saturated carbocycles. The maximum Gasteiger partial charge on any atom is 0.416 e. The van der Waals surface area contributed by atoms with Crippen LogP contribution in [0.1, 0.15) is 68.3 Å². The van der Waals surface area contributed by atoms with E-state index in [2.05, 4.69) is 29.0 Å². The Morgan fingerprint density at radius 1 is 0.974 bits per heavy atom. The molecular formula is C28H36F3N3O3S2. The fourth-order valence-electron chi connectivity index (χ4n) is 3.65. The molecule has 2 heterocycles. The molecule has 6 nitrogen and oxygen atoms in total. The lowest BCUT2D eigenvalue weighted by atomic mass is 10.1. The summed E-state index contributed by atoms with van der Waals surface area (Å²) >= 11 is 1.38. The van der Waals surface area contributed by atoms with Gasteiger partial charge in [-0.3, -0.25) is 9.69 Å². The lowest BCUT2D eigenvalue weighted by molar-refractivity contribution is -0.137. The van der Waals surface area contributed by atoms with Crippen LogP contribution in [-0.4, -0.2) is 30.0 Å². The van der Waals surface area contributed by atoms with E-state index in [1.807, 2.05) is 13.8 Å². The molecule has 214 valence electrons. The van der Waals surface area contributed by atoms with E-state index in [9.17, 15) is 26.4 Å². The van der Waals surface area contributed by atoms with Gasteiger partial charge in [-0.25, -0.2) is 13.4 Å². The molecule has 0 unspecified atom stereocenters. The summed E-state index contributed by atoms with van der Waals surface area (Å²) in [5.41, 5.74) is 1.66. The van der Waals surface area contributed by atoms with Gasteiger partial charge in [0.25, 0.3) is 0 Å². The zero-order valence-corrected chi connectivity index (χ0v) is 24.6. The molecule has 3 aromatic rings. The van der Waals surface area contributed by atoms with Crippen LogP contribution in [0.15, 0.2) is 53.4 Å². The van der Waals surface area contributed by atoms with Crippen LogP contribution in [0, 0.1) is 0 Å². The number of hydrogen-bond donors (Lipinski definition) is 1. The molecule has 1 aliphatic heterocycles. The molecule has 1 aliphatic rings. The Morgan fingerprint density at radius 2 is 1.54 bits per heavy atom. The van der Waals surface area contributed by atoms with Crippen molar-refractivity contribution in [3.8, 4) is 0 Å². The molecule has 2 aromatic carbocycles. The number of fused-ring (bicyclic) bond motifs is 1. The Labute approximate surface area is 233 Å². The number of hydrogen-bond acceptors (Lipinski definition) is 6. The van der Waals surface area contributed by atoms with Crippen LogP contribution in [0.2, 0.25) is 0 Å². The van der Waals surface area contributed by atoms with E-state index in [1.54, 1.807) is 19.1 Å². The van der Waals surface area contributed by atoms with E-state index in [1.165, 1.54) is 42.0 Å². The highest BCUT2D eigenvalue weighted by Crippen LogP contribution is 2.33. The third-order valence-electron chi connectivity index (χ3n) is 5.48. The van der Waals surface area contributed by atoms with Gasteiger partial charge in [-0.2, -0.15) is 13.2 Å². The van der Waals surface area contributed by atoms with E-state index in [0.717, 1.165) is 28.3 Å². The summed E-state index contributed by atoms with van der Waals surface area (Å²) in [5.74, 6) is -0.233. The number of thiazole rings is 1. The number of halogens is 3. The van der Waals surface area contributed by atoms with Crippen molar-refractivity contribution in [2.45, 2.75) is 78.2 Å². The van der Waals surface area contributed by atoms with Gasteiger partial charge in [-0.05, 0) is 35.4 Å². The van der Waals surface area contributed by atoms with Crippen LogP contribution in [-0.2, 0) is 46.9 Å². The molecule has 39 heavy (non-hydrogen) atoms. The number of rotatable bonds is 7. The Kier molecular flexibility index (Phi) is 12.1. The molecule has 0 radical (unpaired) electrons. The normalized spacial score (nSPS) is 13.0. The molecule has 0 spiro atoms. The summed E-state index contributed by atoms with van der Waals surface area (Å²) in [5, 5.41) is 3.28. The van der Waals surface area contributed by atoms with E-state index >= 15 is 0 Å². The van der Waals surface area contributed by atoms with Crippen molar-refractivity contribution in [3.63, 3.8) is 0 Å². The van der Waals surface area contributed by atoms with E-state index in [4.69, 9.17) is 0 Å². The van der Waals surface area contributed by atoms with Crippen LogP contribution < -0.4 is 5.32 Å². The van der Waals surface area contributed by atoms with E-state index in [-0.39, 0.29) is 23.0 Å². The number of amides is 1. The Hall–Kier alpha value is -2.76. The highest BCUT2D eigenvalue weighted by Gasteiger charge is 2.30. The maximum atomic E-state index is 12.7. The number of carbonyl (C=O) groups excluding carboxylic acids is 1. The van der Waals surface area contributed by atoms with Gasteiger partial charge in [0, 0.05) is 24.5 Å². The van der Waals surface area contributed by atoms with Gasteiger partial charge >= 0.3 is 6.18 Å². The van der Waals surface area contributed by atoms with Crippen molar-refractivity contribution in [3.05, 3.63) is 75.8 Å². The predicted molar refractivity (Wildman–Crippen MR) is 150 cm³/mol. The third-order valence-corrected chi connectivity index (χ3v) is 8.23. The van der Waals surface area contributed by atoms with Crippen molar-refractivity contribution in [1.82, 2.24) is 9.88 Å². The number of aromatic nitrogens is 1. The molecule has 1 aromatic heterocycles. The first-order chi connectivity index (χ1) is 18.4. The summed E-state index contributed by atoms with van der Waals surface area (Å²) in [6.45, 7) is 11.5. The first-order valence-corrected chi connectivity index (χ1v) is 15.4. The van der Waals surface area contributed by atoms with Crippen LogP contribution in [0.5, 0.6) is 0 Å². The first-order valence-electron chi connectivity index (χ1n) is 12.9. The number of benzene rings is 2. The lowest BCUT2D eigenvalue weighted by Gasteiger charge is -2.15. The van der Waals surface area contributed by atoms with Gasteiger partial charge in [-0.15, -0.1) is 11.3 Å². The van der Waals surface area contributed by atoms with Gasteiger partial charge in [0.2, 0.25) is 5.91 Å². The summed E-state index contributed by atoms with van der Waals surface area (Å²) in [6.07, 6.45) is -3.00. The summed E-state index contributed by atoms with van der Waals surface area (Å²) in [6, 6.07) is 11.4. The highest BCUT2D eigenvalue weighted by atomic mass is 32.2. The summed E-state index contributed by atoms with van der Waals surface area (Å²) in [7, 11) is -3.28. The minimum Gasteiger partial charge on any atom is -0.302 e. The number of sulfone groups is 1. The Bertz CT molecular complexity index is 1280. The smallest absolute Gasteiger partial charge is 0.302 e. The van der Waals surface area contributed by atoms with Gasteiger partial charge < -0.3 is 5.32 Å². The van der Waals surface area contributed by atoms with Crippen LogP contribution in [0.4, 0.5) is 18.3 Å². The number of anilines is 1. The Morgan fingerprint density at radius 3 is 2.05 bits per heavy atom. The zero-order chi connectivity index (χ0) is 29.2. The maximum absolute atomic E-state index is 12.7. The fourth-order valence-corrected chi connectivity index (χ4v) is 5.57. The number of nitrogens with one attached hydrogen (secondary N) is 1. The minimum atomic E-state index is -4.35. The third kappa shape index (κ3) is 9.44. The van der Waals surface area contributed by atoms with Crippen LogP contribution >= 0.6 is 11.3 Å². The molecule has 0 fully saturated rings. The highest BCUT2D eigenvalue weighted by molar-refractivity contribution is 7.91. The zero-order valence-electron chi connectivity index (χ0n) is 22.9. The quantitative estimate of drug-likeness (QED) is 0.321. The topological polar surface area (TPSA) is 79.4 Å². The predicted octanol–water partition coefficient (Wildman–Crippen LogP) is 7.10. The first kappa shape index (κ1) is 32.5. The average molecular weight is 584 g/mol. The average Bonchev–Trinajstić information content (AvgIpc) is 3.43. The van der Waals surface area contributed by atoms with E-state index < -0.39 is 21.6 Å². The molecule has 0 bridgehead atoms. The second-order valence-corrected chi connectivity index (χ2v) is 12.1. The second kappa shape index (κ2) is 14.6. The summed E-state index contributed by atoms with van der Waals surface area (Å²) in [4.78, 5) is 20.2. The van der Waals surface area contributed by atoms with Crippen molar-refractivity contribution >= 4 is 32.2 Å².